The molecule has 3 rings (SSSR count). The lowest BCUT2D eigenvalue weighted by molar-refractivity contribution is 0.0793. The van der Waals surface area contributed by atoms with E-state index >= 15 is 0 Å². The van der Waals surface area contributed by atoms with Crippen LogP contribution in [0.3, 0.4) is 0 Å². The molecule has 0 aromatic heterocycles. The number of hydrogen-bond acceptors (Lipinski definition) is 3. The Morgan fingerprint density at radius 3 is 2.18 bits per heavy atom. The zero-order valence-corrected chi connectivity index (χ0v) is 18.4. The van der Waals surface area contributed by atoms with Crippen LogP contribution in [0.25, 0.3) is 11.1 Å². The molecule has 28 heavy (non-hydrogen) atoms. The average Bonchev–Trinajstić information content (AvgIpc) is 3.13. The Morgan fingerprint density at radius 2 is 1.61 bits per heavy atom. The van der Waals surface area contributed by atoms with Gasteiger partial charge in [0.15, 0.2) is 9.84 Å². The van der Waals surface area contributed by atoms with Crippen LogP contribution in [0.5, 0.6) is 0 Å². The van der Waals surface area contributed by atoms with Gasteiger partial charge >= 0.3 is 0 Å². The van der Waals surface area contributed by atoms with E-state index in [0.29, 0.717) is 28.6 Å². The van der Waals surface area contributed by atoms with Gasteiger partial charge in [0.05, 0.1) is 20.0 Å². The van der Waals surface area contributed by atoms with Gasteiger partial charge in [0.1, 0.15) is 0 Å². The van der Waals surface area contributed by atoms with Gasteiger partial charge in [0.25, 0.3) is 5.91 Å². The second-order valence-electron chi connectivity index (χ2n) is 8.03. The number of rotatable bonds is 3. The Labute approximate surface area is 176 Å². The van der Waals surface area contributed by atoms with Crippen LogP contribution in [0, 0.1) is 0 Å². The highest BCUT2D eigenvalue weighted by Gasteiger charge is 2.41. The number of sulfone groups is 1. The Hall–Kier alpha value is -1.56. The Kier molecular flexibility index (Phi) is 5.81. The van der Waals surface area contributed by atoms with Gasteiger partial charge in [0, 0.05) is 18.7 Å². The standard InChI is InChI=1S/C21H23Cl2NO3S/c1-21(2,3)28(26,27)17-10-11-24(13-17)20(25)15-6-4-14(5-7-15)16-8-9-18(22)19(23)12-16/h4-9,12,17H,10-11,13H2,1-3H3/t17-/m0/s1. The molecule has 4 nitrogen and oxygen atoms in total. The minimum absolute atomic E-state index is 0.146. The number of nitrogens with zero attached hydrogens (tertiary/aromatic N) is 1. The summed E-state index contributed by atoms with van der Waals surface area (Å²) in [4.78, 5) is 14.4. The molecule has 7 heteroatoms. The largest absolute Gasteiger partial charge is 0.337 e. The van der Waals surface area contributed by atoms with Crippen LogP contribution in [-0.4, -0.2) is 42.3 Å². The fraction of sp³-hybridized carbons (Fsp3) is 0.381. The second kappa shape index (κ2) is 7.69. The highest BCUT2D eigenvalue weighted by molar-refractivity contribution is 7.93. The number of benzene rings is 2. The number of hydrogen-bond donors (Lipinski definition) is 0. The molecule has 150 valence electrons. The van der Waals surface area contributed by atoms with E-state index < -0.39 is 19.8 Å². The van der Waals surface area contributed by atoms with Crippen molar-refractivity contribution in [1.29, 1.82) is 0 Å². The average molecular weight is 440 g/mol. The molecule has 0 aliphatic carbocycles. The topological polar surface area (TPSA) is 54.5 Å². The molecular formula is C21H23Cl2NO3S. The molecule has 2 aromatic rings. The molecule has 1 aliphatic heterocycles. The summed E-state index contributed by atoms with van der Waals surface area (Å²) in [7, 11) is -3.29. The third-order valence-electron chi connectivity index (χ3n) is 5.11. The minimum Gasteiger partial charge on any atom is -0.337 e. The molecule has 0 bridgehead atoms. The van der Waals surface area contributed by atoms with Gasteiger partial charge in [-0.05, 0) is 62.6 Å². The van der Waals surface area contributed by atoms with Gasteiger partial charge in [-0.2, -0.15) is 0 Å². The number of carbonyl (C=O) groups is 1. The Balaban J connectivity index is 1.74. The van der Waals surface area contributed by atoms with Crippen molar-refractivity contribution in [2.24, 2.45) is 0 Å². The summed E-state index contributed by atoms with van der Waals surface area (Å²) < 4.78 is 24.5. The fourth-order valence-corrected chi connectivity index (χ4v) is 5.42. The Bertz CT molecular complexity index is 995. The molecule has 0 N–H and O–H groups in total. The molecule has 1 aliphatic rings. The van der Waals surface area contributed by atoms with Gasteiger partial charge in [-0.15, -0.1) is 0 Å². The van der Waals surface area contributed by atoms with E-state index in [0.717, 1.165) is 11.1 Å². The van der Waals surface area contributed by atoms with Crippen molar-refractivity contribution < 1.29 is 13.2 Å². The highest BCUT2D eigenvalue weighted by atomic mass is 35.5. The maximum Gasteiger partial charge on any atom is 0.253 e. The molecular weight excluding hydrogens is 417 g/mol. The van der Waals surface area contributed by atoms with Crippen LogP contribution in [-0.2, 0) is 9.84 Å². The van der Waals surface area contributed by atoms with Crippen LogP contribution >= 0.6 is 23.2 Å². The SMILES string of the molecule is CC(C)(C)S(=O)(=O)[C@H]1CCN(C(=O)c2ccc(-c3ccc(Cl)c(Cl)c3)cc2)C1. The zero-order chi connectivity index (χ0) is 20.7. The van der Waals surface area contributed by atoms with Crippen LogP contribution in [0.4, 0.5) is 0 Å². The minimum atomic E-state index is -3.29. The molecule has 1 atom stereocenters. The number of halogens is 2. The van der Waals surface area contributed by atoms with Gasteiger partial charge in [-0.3, -0.25) is 4.79 Å². The first-order valence-corrected chi connectivity index (χ1v) is 11.4. The van der Waals surface area contributed by atoms with Crippen LogP contribution in [0.1, 0.15) is 37.6 Å². The van der Waals surface area contributed by atoms with E-state index in [1.54, 1.807) is 49.9 Å². The quantitative estimate of drug-likeness (QED) is 0.668. The van der Waals surface area contributed by atoms with E-state index in [1.165, 1.54) is 0 Å². The number of carbonyl (C=O) groups excluding carboxylic acids is 1. The zero-order valence-electron chi connectivity index (χ0n) is 16.1. The number of likely N-dealkylation sites (tertiary alicyclic amines) is 1. The van der Waals surface area contributed by atoms with Gasteiger partial charge in [0.2, 0.25) is 0 Å². The predicted molar refractivity (Wildman–Crippen MR) is 115 cm³/mol. The summed E-state index contributed by atoms with van der Waals surface area (Å²) in [6.45, 7) is 5.80. The first-order chi connectivity index (χ1) is 13.0. The van der Waals surface area contributed by atoms with Gasteiger partial charge in [-0.25, -0.2) is 8.42 Å². The van der Waals surface area contributed by atoms with E-state index in [9.17, 15) is 13.2 Å². The molecule has 0 spiro atoms. The lowest BCUT2D eigenvalue weighted by atomic mass is 10.0. The van der Waals surface area contributed by atoms with Crippen molar-refractivity contribution in [3.8, 4) is 11.1 Å². The van der Waals surface area contributed by atoms with Crippen molar-refractivity contribution in [1.82, 2.24) is 4.90 Å². The summed E-state index contributed by atoms with van der Waals surface area (Å²) in [5.41, 5.74) is 2.37. The molecule has 1 heterocycles. The third-order valence-corrected chi connectivity index (χ3v) is 8.82. The third kappa shape index (κ3) is 4.07. The monoisotopic (exact) mass is 439 g/mol. The summed E-state index contributed by atoms with van der Waals surface area (Å²) in [5.74, 6) is -0.146. The second-order valence-corrected chi connectivity index (χ2v) is 11.8. The van der Waals surface area contributed by atoms with E-state index in [4.69, 9.17) is 23.2 Å². The highest BCUT2D eigenvalue weighted by Crippen LogP contribution is 2.30. The summed E-state index contributed by atoms with van der Waals surface area (Å²) in [6, 6.07) is 12.6. The van der Waals surface area contributed by atoms with E-state index in [2.05, 4.69) is 0 Å². The molecule has 2 aromatic carbocycles. The maximum absolute atomic E-state index is 12.8. The molecule has 1 fully saturated rings. The molecule has 1 saturated heterocycles. The van der Waals surface area contributed by atoms with Crippen molar-refractivity contribution in [2.75, 3.05) is 13.1 Å². The first kappa shape index (κ1) is 21.2. The van der Waals surface area contributed by atoms with Crippen LogP contribution < -0.4 is 0 Å². The van der Waals surface area contributed by atoms with Crippen molar-refractivity contribution in [3.05, 3.63) is 58.1 Å². The summed E-state index contributed by atoms with van der Waals surface area (Å²) >= 11 is 12.0. The lowest BCUT2D eigenvalue weighted by Crippen LogP contribution is -2.39. The summed E-state index contributed by atoms with van der Waals surface area (Å²) in [6.07, 6.45) is 0.479. The molecule has 0 saturated carbocycles. The summed E-state index contributed by atoms with van der Waals surface area (Å²) in [5, 5.41) is 0.459. The van der Waals surface area contributed by atoms with E-state index in [-0.39, 0.29) is 12.5 Å². The molecule has 1 amide bonds. The predicted octanol–water partition coefficient (Wildman–Crippen LogP) is 5.09. The van der Waals surface area contributed by atoms with Crippen molar-refractivity contribution in [3.63, 3.8) is 0 Å². The first-order valence-electron chi connectivity index (χ1n) is 9.09. The molecule has 0 unspecified atom stereocenters. The van der Waals surface area contributed by atoms with E-state index in [1.807, 2.05) is 18.2 Å². The van der Waals surface area contributed by atoms with Crippen molar-refractivity contribution >= 4 is 38.9 Å². The van der Waals surface area contributed by atoms with Crippen LogP contribution in [0.2, 0.25) is 10.0 Å². The Morgan fingerprint density at radius 1 is 1.00 bits per heavy atom. The van der Waals surface area contributed by atoms with Crippen molar-refractivity contribution in [2.45, 2.75) is 37.2 Å². The lowest BCUT2D eigenvalue weighted by Gasteiger charge is -2.24. The smallest absolute Gasteiger partial charge is 0.253 e. The maximum atomic E-state index is 12.8. The fourth-order valence-electron chi connectivity index (χ4n) is 3.33. The van der Waals surface area contributed by atoms with Gasteiger partial charge in [-0.1, -0.05) is 41.4 Å². The van der Waals surface area contributed by atoms with Gasteiger partial charge < -0.3 is 4.90 Å². The number of amides is 1. The van der Waals surface area contributed by atoms with Crippen LogP contribution in [0.15, 0.2) is 42.5 Å². The molecule has 0 radical (unpaired) electrons. The normalized spacial score (nSPS) is 17.8.